The molecule has 0 amide bonds. The van der Waals surface area contributed by atoms with E-state index in [0.717, 1.165) is 25.9 Å². The standard InChI is InChI=1S/C9H16F3NOS/c10-9(11,12)15-6-5-14-7-8-1-3-13-4-2-8/h8,13H,1-7H2. The first-order valence-electron chi connectivity index (χ1n) is 5.07. The van der Waals surface area contributed by atoms with Gasteiger partial charge in [0.05, 0.1) is 6.61 Å². The molecule has 0 bridgehead atoms. The van der Waals surface area contributed by atoms with Crippen molar-refractivity contribution in [3.05, 3.63) is 0 Å². The lowest BCUT2D eigenvalue weighted by molar-refractivity contribution is -0.0332. The number of halogens is 3. The molecule has 2 nitrogen and oxygen atoms in total. The Hall–Kier alpha value is 0.0600. The highest BCUT2D eigenvalue weighted by Crippen LogP contribution is 2.29. The summed E-state index contributed by atoms with van der Waals surface area (Å²) in [5.41, 5.74) is -4.13. The quantitative estimate of drug-likeness (QED) is 0.748. The van der Waals surface area contributed by atoms with Crippen molar-refractivity contribution in [1.82, 2.24) is 5.32 Å². The molecule has 0 aliphatic carbocycles. The zero-order chi connectivity index (χ0) is 11.1. The summed E-state index contributed by atoms with van der Waals surface area (Å²) in [5.74, 6) is 0.510. The van der Waals surface area contributed by atoms with Gasteiger partial charge in [-0.05, 0) is 43.6 Å². The smallest absolute Gasteiger partial charge is 0.380 e. The Balaban J connectivity index is 1.92. The summed E-state index contributed by atoms with van der Waals surface area (Å²) in [6.07, 6.45) is 2.12. The van der Waals surface area contributed by atoms with Gasteiger partial charge >= 0.3 is 5.51 Å². The van der Waals surface area contributed by atoms with Gasteiger partial charge in [-0.25, -0.2) is 0 Å². The Labute approximate surface area is 91.9 Å². The number of hydrogen-bond donors (Lipinski definition) is 1. The van der Waals surface area contributed by atoms with E-state index in [1.54, 1.807) is 0 Å². The lowest BCUT2D eigenvalue weighted by atomic mass is 9.99. The second-order valence-electron chi connectivity index (χ2n) is 3.56. The van der Waals surface area contributed by atoms with Crippen LogP contribution in [0.3, 0.4) is 0 Å². The number of alkyl halides is 3. The summed E-state index contributed by atoms with van der Waals surface area (Å²) in [6.45, 7) is 2.77. The molecule has 1 saturated heterocycles. The Morgan fingerprint density at radius 3 is 2.53 bits per heavy atom. The Kier molecular flexibility index (Phi) is 5.78. The summed E-state index contributed by atoms with van der Waals surface area (Å²) in [4.78, 5) is 0. The fourth-order valence-corrected chi connectivity index (χ4v) is 1.95. The third-order valence-corrected chi connectivity index (χ3v) is 3.00. The fourth-order valence-electron chi connectivity index (χ4n) is 1.51. The maximum atomic E-state index is 11.7. The summed E-state index contributed by atoms with van der Waals surface area (Å²) >= 11 is -0.0172. The van der Waals surface area contributed by atoms with Crippen LogP contribution in [-0.2, 0) is 4.74 Å². The van der Waals surface area contributed by atoms with Gasteiger partial charge in [-0.15, -0.1) is 0 Å². The van der Waals surface area contributed by atoms with E-state index in [1.807, 2.05) is 0 Å². The molecule has 0 saturated carbocycles. The van der Waals surface area contributed by atoms with Crippen LogP contribution in [-0.4, -0.2) is 37.6 Å². The van der Waals surface area contributed by atoms with Crippen molar-refractivity contribution in [1.29, 1.82) is 0 Å². The lowest BCUT2D eigenvalue weighted by Crippen LogP contribution is -2.30. The van der Waals surface area contributed by atoms with Gasteiger partial charge in [0.25, 0.3) is 0 Å². The van der Waals surface area contributed by atoms with Gasteiger partial charge in [-0.2, -0.15) is 13.2 Å². The molecule has 90 valence electrons. The molecule has 1 rings (SSSR count). The highest BCUT2D eigenvalue weighted by Gasteiger charge is 2.27. The Morgan fingerprint density at radius 2 is 1.93 bits per heavy atom. The average Bonchev–Trinajstić information content (AvgIpc) is 2.17. The minimum Gasteiger partial charge on any atom is -0.380 e. The van der Waals surface area contributed by atoms with E-state index < -0.39 is 5.51 Å². The van der Waals surface area contributed by atoms with Crippen molar-refractivity contribution in [2.75, 3.05) is 32.1 Å². The number of ether oxygens (including phenoxy) is 1. The molecule has 1 fully saturated rings. The number of rotatable bonds is 5. The predicted octanol–water partition coefficient (Wildman–Crippen LogP) is 2.26. The van der Waals surface area contributed by atoms with E-state index in [2.05, 4.69) is 5.32 Å². The van der Waals surface area contributed by atoms with Crippen molar-refractivity contribution >= 4 is 11.8 Å². The fraction of sp³-hybridized carbons (Fsp3) is 1.00. The molecule has 0 aromatic rings. The molecule has 1 heterocycles. The lowest BCUT2D eigenvalue weighted by Gasteiger charge is -2.22. The second-order valence-corrected chi connectivity index (χ2v) is 4.72. The summed E-state index contributed by atoms with van der Waals surface area (Å²) < 4.78 is 40.4. The molecule has 0 spiro atoms. The summed E-state index contributed by atoms with van der Waals surface area (Å²) in [7, 11) is 0. The van der Waals surface area contributed by atoms with E-state index in [4.69, 9.17) is 4.74 Å². The van der Waals surface area contributed by atoms with Crippen LogP contribution in [0.15, 0.2) is 0 Å². The highest BCUT2D eigenvalue weighted by atomic mass is 32.2. The van der Waals surface area contributed by atoms with E-state index in [1.165, 1.54) is 0 Å². The van der Waals surface area contributed by atoms with Crippen LogP contribution >= 0.6 is 11.8 Å². The van der Waals surface area contributed by atoms with Crippen LogP contribution in [0.5, 0.6) is 0 Å². The maximum absolute atomic E-state index is 11.7. The van der Waals surface area contributed by atoms with E-state index >= 15 is 0 Å². The molecule has 1 aliphatic rings. The van der Waals surface area contributed by atoms with Gasteiger partial charge < -0.3 is 10.1 Å². The van der Waals surface area contributed by atoms with E-state index in [-0.39, 0.29) is 24.1 Å². The Bertz CT molecular complexity index is 171. The van der Waals surface area contributed by atoms with Crippen LogP contribution in [0.25, 0.3) is 0 Å². The molecule has 0 unspecified atom stereocenters. The summed E-state index contributed by atoms with van der Waals surface area (Å²) in [5, 5.41) is 3.23. The monoisotopic (exact) mass is 243 g/mol. The van der Waals surface area contributed by atoms with Gasteiger partial charge in [0, 0.05) is 12.4 Å². The first-order valence-corrected chi connectivity index (χ1v) is 6.05. The van der Waals surface area contributed by atoms with Gasteiger partial charge in [0.1, 0.15) is 0 Å². The molecule has 0 atom stereocenters. The van der Waals surface area contributed by atoms with Gasteiger partial charge in [-0.3, -0.25) is 0 Å². The molecular formula is C9H16F3NOS. The molecular weight excluding hydrogens is 227 g/mol. The topological polar surface area (TPSA) is 21.3 Å². The van der Waals surface area contributed by atoms with Crippen molar-refractivity contribution < 1.29 is 17.9 Å². The van der Waals surface area contributed by atoms with Crippen molar-refractivity contribution in [2.24, 2.45) is 5.92 Å². The van der Waals surface area contributed by atoms with Crippen LogP contribution in [0, 0.1) is 5.92 Å². The molecule has 0 radical (unpaired) electrons. The SMILES string of the molecule is FC(F)(F)SCCOCC1CCNCC1. The largest absolute Gasteiger partial charge is 0.441 e. The Morgan fingerprint density at radius 1 is 1.27 bits per heavy atom. The number of piperidine rings is 1. The molecule has 6 heteroatoms. The van der Waals surface area contributed by atoms with Crippen LogP contribution in [0.1, 0.15) is 12.8 Å². The normalized spacial score (nSPS) is 19.4. The first-order chi connectivity index (χ1) is 7.08. The van der Waals surface area contributed by atoms with Crippen LogP contribution < -0.4 is 5.32 Å². The number of nitrogens with one attached hydrogen (secondary N) is 1. The molecule has 0 aromatic carbocycles. The zero-order valence-corrected chi connectivity index (χ0v) is 9.29. The predicted molar refractivity (Wildman–Crippen MR) is 54.9 cm³/mol. The molecule has 1 aliphatic heterocycles. The molecule has 1 N–H and O–H groups in total. The van der Waals surface area contributed by atoms with Crippen molar-refractivity contribution in [2.45, 2.75) is 18.3 Å². The minimum atomic E-state index is -4.13. The van der Waals surface area contributed by atoms with Gasteiger partial charge in [0.2, 0.25) is 0 Å². The third-order valence-electron chi connectivity index (χ3n) is 2.31. The number of hydrogen-bond acceptors (Lipinski definition) is 3. The highest BCUT2D eigenvalue weighted by molar-refractivity contribution is 8.00. The minimum absolute atomic E-state index is 0.00549. The van der Waals surface area contributed by atoms with Crippen LogP contribution in [0.2, 0.25) is 0 Å². The zero-order valence-electron chi connectivity index (χ0n) is 8.48. The van der Waals surface area contributed by atoms with Crippen molar-refractivity contribution in [3.8, 4) is 0 Å². The molecule has 0 aromatic heterocycles. The third kappa shape index (κ3) is 7.03. The van der Waals surface area contributed by atoms with Gasteiger partial charge in [-0.1, -0.05) is 0 Å². The number of thioether (sulfide) groups is 1. The van der Waals surface area contributed by atoms with Gasteiger partial charge in [0.15, 0.2) is 0 Å². The maximum Gasteiger partial charge on any atom is 0.441 e. The van der Waals surface area contributed by atoms with E-state index in [9.17, 15) is 13.2 Å². The first kappa shape index (κ1) is 13.1. The van der Waals surface area contributed by atoms with E-state index in [0.29, 0.717) is 12.5 Å². The average molecular weight is 243 g/mol. The molecule has 15 heavy (non-hydrogen) atoms. The summed E-state index contributed by atoms with van der Waals surface area (Å²) in [6, 6.07) is 0. The second kappa shape index (κ2) is 6.60. The van der Waals surface area contributed by atoms with Crippen molar-refractivity contribution in [3.63, 3.8) is 0 Å². The van der Waals surface area contributed by atoms with Crippen LogP contribution in [0.4, 0.5) is 13.2 Å².